The van der Waals surface area contributed by atoms with Crippen LogP contribution in [0.25, 0.3) is 39.3 Å². The number of fused-ring (bicyclic) bond motifs is 2. The van der Waals surface area contributed by atoms with Gasteiger partial charge in [-0.05, 0) is 42.0 Å². The van der Waals surface area contributed by atoms with Crippen molar-refractivity contribution in [3.63, 3.8) is 0 Å². The summed E-state index contributed by atoms with van der Waals surface area (Å²) in [7, 11) is 0. The van der Waals surface area contributed by atoms with E-state index in [9.17, 15) is 0 Å². The molecule has 0 atom stereocenters. The molecule has 6 aromatic rings. The maximum Gasteiger partial charge on any atom is 0.205 e. The number of furan rings is 1. The molecule has 154 valence electrons. The van der Waals surface area contributed by atoms with Crippen LogP contribution in [0.1, 0.15) is 0 Å². The molecule has 3 aromatic heterocycles. The van der Waals surface area contributed by atoms with E-state index in [1.165, 1.54) is 0 Å². The fourth-order valence-corrected chi connectivity index (χ4v) is 3.78. The van der Waals surface area contributed by atoms with E-state index < -0.39 is 0 Å². The molecule has 0 saturated heterocycles. The second kappa shape index (κ2) is 7.51. The molecule has 6 nitrogen and oxygen atoms in total. The van der Waals surface area contributed by atoms with Crippen molar-refractivity contribution in [1.82, 2.24) is 14.6 Å². The van der Waals surface area contributed by atoms with Gasteiger partial charge in [-0.3, -0.25) is 5.10 Å². The van der Waals surface area contributed by atoms with E-state index in [0.717, 1.165) is 27.9 Å². The van der Waals surface area contributed by atoms with Gasteiger partial charge >= 0.3 is 0 Å². The number of nitrogens with one attached hydrogen (secondary N) is 1. The number of imidazole rings is 1. The van der Waals surface area contributed by atoms with Crippen LogP contribution in [0.4, 0.5) is 11.5 Å². The van der Waals surface area contributed by atoms with E-state index in [0.29, 0.717) is 28.0 Å². The molecule has 0 aliphatic carbocycles. The average molecular weight is 438 g/mol. The van der Waals surface area contributed by atoms with Crippen molar-refractivity contribution in [3.8, 4) is 22.7 Å². The van der Waals surface area contributed by atoms with Gasteiger partial charge in [0.05, 0.1) is 11.4 Å². The maximum atomic E-state index is 6.07. The molecule has 0 saturated carbocycles. The summed E-state index contributed by atoms with van der Waals surface area (Å²) in [6.45, 7) is 0. The number of hydrogen-bond acceptors (Lipinski definition) is 4. The first-order valence-corrected chi connectivity index (χ1v) is 10.5. The Kier molecular flexibility index (Phi) is 4.37. The highest BCUT2D eigenvalue weighted by atomic mass is 35.5. The second-order valence-electron chi connectivity index (χ2n) is 7.34. The Bertz CT molecular complexity index is 1540. The van der Waals surface area contributed by atoms with Crippen molar-refractivity contribution < 1.29 is 4.42 Å². The van der Waals surface area contributed by atoms with Gasteiger partial charge in [-0.1, -0.05) is 60.1 Å². The van der Waals surface area contributed by atoms with Gasteiger partial charge in [0.2, 0.25) is 5.82 Å². The van der Waals surface area contributed by atoms with E-state index in [2.05, 4.69) is 15.3 Å². The lowest BCUT2D eigenvalue weighted by molar-refractivity contribution is 0.629. The van der Waals surface area contributed by atoms with Crippen molar-refractivity contribution in [3.05, 3.63) is 96.0 Å². The van der Waals surface area contributed by atoms with Crippen molar-refractivity contribution >= 4 is 39.7 Å². The third kappa shape index (κ3) is 3.27. The van der Waals surface area contributed by atoms with Crippen LogP contribution in [0.3, 0.4) is 0 Å². The summed E-state index contributed by atoms with van der Waals surface area (Å²) in [5.74, 6) is 1.19. The lowest BCUT2D eigenvalue weighted by Gasteiger charge is -1.98. The Morgan fingerprint density at radius 1 is 0.844 bits per heavy atom. The molecule has 0 aliphatic rings. The molecule has 0 spiro atoms. The summed E-state index contributed by atoms with van der Waals surface area (Å²) in [4.78, 5) is 4.81. The molecule has 3 aromatic carbocycles. The summed E-state index contributed by atoms with van der Waals surface area (Å²) in [6.07, 6.45) is 0. The number of nitrogens with zero attached hydrogens (tertiary/aromatic N) is 4. The molecule has 6 rings (SSSR count). The number of azo groups is 1. The Morgan fingerprint density at radius 2 is 1.62 bits per heavy atom. The van der Waals surface area contributed by atoms with Gasteiger partial charge in [0.25, 0.3) is 0 Å². The van der Waals surface area contributed by atoms with Crippen molar-refractivity contribution in [1.29, 1.82) is 0 Å². The predicted octanol–water partition coefficient (Wildman–Crippen LogP) is 7.81. The first-order chi connectivity index (χ1) is 15.7. The number of para-hydroxylation sites is 1. The molecule has 32 heavy (non-hydrogen) atoms. The number of aromatic nitrogens is 3. The van der Waals surface area contributed by atoms with E-state index in [1.54, 1.807) is 12.1 Å². The number of rotatable bonds is 4. The molecule has 0 bridgehead atoms. The van der Waals surface area contributed by atoms with E-state index >= 15 is 0 Å². The molecule has 7 heteroatoms. The number of halogens is 1. The minimum absolute atomic E-state index is 0.552. The molecule has 3 heterocycles. The number of H-pyrrole nitrogens is 1. The molecule has 0 unspecified atom stereocenters. The van der Waals surface area contributed by atoms with E-state index in [4.69, 9.17) is 21.0 Å². The van der Waals surface area contributed by atoms with Gasteiger partial charge in [-0.2, -0.15) is 0 Å². The van der Waals surface area contributed by atoms with Gasteiger partial charge in [0.1, 0.15) is 5.58 Å². The lowest BCUT2D eigenvalue weighted by Crippen LogP contribution is -1.85. The Labute approximate surface area is 187 Å². The monoisotopic (exact) mass is 437 g/mol. The minimum atomic E-state index is 0.552. The van der Waals surface area contributed by atoms with Crippen LogP contribution in [0.15, 0.2) is 106 Å². The highest BCUT2D eigenvalue weighted by Crippen LogP contribution is 2.36. The predicted molar refractivity (Wildman–Crippen MR) is 126 cm³/mol. The summed E-state index contributed by atoms with van der Waals surface area (Å²) in [5, 5.41) is 14.0. The zero-order valence-electron chi connectivity index (χ0n) is 16.7. The molecular formula is C25H16ClN5O. The van der Waals surface area contributed by atoms with Crippen LogP contribution in [-0.4, -0.2) is 14.6 Å². The second-order valence-corrected chi connectivity index (χ2v) is 7.77. The smallest absolute Gasteiger partial charge is 0.205 e. The first-order valence-electron chi connectivity index (χ1n) is 10.1. The summed E-state index contributed by atoms with van der Waals surface area (Å²) in [5.41, 5.74) is 4.82. The average Bonchev–Trinajstić information content (AvgIpc) is 3.52. The zero-order valence-corrected chi connectivity index (χ0v) is 17.5. The Morgan fingerprint density at radius 3 is 2.44 bits per heavy atom. The van der Waals surface area contributed by atoms with Crippen molar-refractivity contribution in [2.75, 3.05) is 0 Å². The van der Waals surface area contributed by atoms with Crippen LogP contribution in [0.5, 0.6) is 0 Å². The van der Waals surface area contributed by atoms with Crippen molar-refractivity contribution in [2.24, 2.45) is 10.2 Å². The molecule has 0 radical (unpaired) electrons. The molecule has 1 N–H and O–H groups in total. The topological polar surface area (TPSA) is 70.9 Å². The Hall–Kier alpha value is -4.16. The van der Waals surface area contributed by atoms with Crippen LogP contribution >= 0.6 is 11.6 Å². The van der Waals surface area contributed by atoms with Gasteiger partial charge in [-0.25, -0.2) is 9.50 Å². The van der Waals surface area contributed by atoms with Crippen LogP contribution in [-0.2, 0) is 0 Å². The molecule has 0 aliphatic heterocycles. The normalized spacial score (nSPS) is 11.8. The highest BCUT2D eigenvalue weighted by molar-refractivity contribution is 6.30. The molecule has 0 fully saturated rings. The SMILES string of the molecule is Clc1ccc(N=Nc2c(-c3cc4ccccc4o3)nc3cc(-c4ccccc4)[nH]n23)cc1. The third-order valence-corrected chi connectivity index (χ3v) is 5.47. The summed E-state index contributed by atoms with van der Waals surface area (Å²) in [6, 6.07) is 29.1. The quantitative estimate of drug-likeness (QED) is 0.285. The van der Waals surface area contributed by atoms with Crippen LogP contribution in [0, 0.1) is 0 Å². The molecule has 0 amide bonds. The summed E-state index contributed by atoms with van der Waals surface area (Å²) < 4.78 is 7.89. The fourth-order valence-electron chi connectivity index (χ4n) is 3.65. The van der Waals surface area contributed by atoms with E-state index in [-0.39, 0.29) is 0 Å². The zero-order chi connectivity index (χ0) is 21.5. The number of benzene rings is 3. The minimum Gasteiger partial charge on any atom is -0.454 e. The van der Waals surface area contributed by atoms with Crippen molar-refractivity contribution in [2.45, 2.75) is 0 Å². The van der Waals surface area contributed by atoms with Gasteiger partial charge < -0.3 is 4.42 Å². The molecular weight excluding hydrogens is 422 g/mol. The Balaban J connectivity index is 1.52. The van der Waals surface area contributed by atoms with Crippen LogP contribution < -0.4 is 0 Å². The number of hydrogen-bond donors (Lipinski definition) is 1. The van der Waals surface area contributed by atoms with Gasteiger partial charge in [0, 0.05) is 16.5 Å². The summed E-state index contributed by atoms with van der Waals surface area (Å²) >= 11 is 5.99. The fraction of sp³-hybridized carbons (Fsp3) is 0. The van der Waals surface area contributed by atoms with E-state index in [1.807, 2.05) is 83.4 Å². The lowest BCUT2D eigenvalue weighted by atomic mass is 10.2. The van der Waals surface area contributed by atoms with Crippen LogP contribution in [0.2, 0.25) is 5.02 Å². The van der Waals surface area contributed by atoms with Gasteiger partial charge in [0.15, 0.2) is 17.1 Å². The highest BCUT2D eigenvalue weighted by Gasteiger charge is 2.20. The number of aromatic amines is 1. The third-order valence-electron chi connectivity index (χ3n) is 5.22. The standard InChI is InChI=1S/C25H16ClN5O/c26-18-10-12-19(13-11-18)28-29-25-24(22-14-17-8-4-5-9-21(17)32-22)27-23-15-20(30-31(23)25)16-6-2-1-3-7-16/h1-15,30H. The largest absolute Gasteiger partial charge is 0.454 e. The maximum absolute atomic E-state index is 6.07. The van der Waals surface area contributed by atoms with Gasteiger partial charge in [-0.15, -0.1) is 10.2 Å². The first kappa shape index (κ1) is 18.6.